The third-order valence-corrected chi connectivity index (χ3v) is 3.11. The van der Waals surface area contributed by atoms with Gasteiger partial charge in [-0.25, -0.2) is 4.39 Å². The Kier molecular flexibility index (Phi) is 4.35. The highest BCUT2D eigenvalue weighted by molar-refractivity contribution is 5.94. The topological polar surface area (TPSA) is 49.3 Å². The molecule has 2 aromatic carbocycles. The molecule has 0 aromatic heterocycles. The van der Waals surface area contributed by atoms with Crippen LogP contribution in [0.2, 0.25) is 0 Å². The van der Waals surface area contributed by atoms with Crippen LogP contribution in [0.15, 0.2) is 42.5 Å². The van der Waals surface area contributed by atoms with Crippen LogP contribution in [0.4, 0.5) is 4.39 Å². The summed E-state index contributed by atoms with van der Waals surface area (Å²) in [7, 11) is 0. The van der Waals surface area contributed by atoms with Crippen molar-refractivity contribution in [2.75, 3.05) is 6.54 Å². The molecule has 3 nitrogen and oxygen atoms in total. The van der Waals surface area contributed by atoms with Gasteiger partial charge in [0.2, 0.25) is 0 Å². The van der Waals surface area contributed by atoms with E-state index >= 15 is 0 Å². The molecule has 0 aliphatic carbocycles. The molecule has 0 heterocycles. The van der Waals surface area contributed by atoms with Crippen LogP contribution >= 0.6 is 0 Å². The highest BCUT2D eigenvalue weighted by Crippen LogP contribution is 2.11. The molecule has 2 N–H and O–H groups in total. The fourth-order valence-electron chi connectivity index (χ4n) is 1.97. The number of amides is 1. The fourth-order valence-corrected chi connectivity index (χ4v) is 1.97. The van der Waals surface area contributed by atoms with E-state index < -0.39 is 0 Å². The summed E-state index contributed by atoms with van der Waals surface area (Å²) in [5.41, 5.74) is 2.39. The predicted octanol–water partition coefficient (Wildman–Crippen LogP) is 2.81. The van der Waals surface area contributed by atoms with Crippen LogP contribution < -0.4 is 5.32 Å². The van der Waals surface area contributed by atoms with Gasteiger partial charge in [0, 0.05) is 12.1 Å². The van der Waals surface area contributed by atoms with E-state index in [9.17, 15) is 9.18 Å². The second-order valence-corrected chi connectivity index (χ2v) is 4.62. The molecule has 20 heavy (non-hydrogen) atoms. The van der Waals surface area contributed by atoms with Crippen LogP contribution in [-0.2, 0) is 6.42 Å². The molecule has 104 valence electrons. The zero-order valence-electron chi connectivity index (χ0n) is 11.2. The van der Waals surface area contributed by atoms with Gasteiger partial charge >= 0.3 is 0 Å². The molecule has 0 radical (unpaired) electrons. The number of phenols is 1. The third-order valence-electron chi connectivity index (χ3n) is 3.11. The number of halogens is 1. The number of benzene rings is 2. The van der Waals surface area contributed by atoms with E-state index in [2.05, 4.69) is 5.32 Å². The van der Waals surface area contributed by atoms with Crippen LogP contribution in [0.5, 0.6) is 5.75 Å². The van der Waals surface area contributed by atoms with Gasteiger partial charge in [0.05, 0.1) is 0 Å². The first-order valence-corrected chi connectivity index (χ1v) is 6.38. The van der Waals surface area contributed by atoms with E-state index in [1.165, 1.54) is 24.3 Å². The Labute approximate surface area is 117 Å². The molecule has 0 bridgehead atoms. The SMILES string of the molecule is Cc1cc(F)ccc1CCNC(=O)c1ccc(O)cc1. The maximum absolute atomic E-state index is 13.0. The summed E-state index contributed by atoms with van der Waals surface area (Å²) in [5, 5.41) is 11.9. The van der Waals surface area contributed by atoms with Gasteiger partial charge in [-0.1, -0.05) is 6.07 Å². The smallest absolute Gasteiger partial charge is 0.251 e. The van der Waals surface area contributed by atoms with Gasteiger partial charge in [-0.15, -0.1) is 0 Å². The molecular formula is C16H16FNO2. The van der Waals surface area contributed by atoms with Crippen molar-refractivity contribution in [2.24, 2.45) is 0 Å². The maximum atomic E-state index is 13.0. The number of phenolic OH excluding ortho intramolecular Hbond substituents is 1. The van der Waals surface area contributed by atoms with Crippen molar-refractivity contribution >= 4 is 5.91 Å². The number of aromatic hydroxyl groups is 1. The van der Waals surface area contributed by atoms with E-state index in [4.69, 9.17) is 5.11 Å². The van der Waals surface area contributed by atoms with E-state index in [1.54, 1.807) is 18.2 Å². The van der Waals surface area contributed by atoms with Gasteiger partial charge in [-0.05, 0) is 60.9 Å². The van der Waals surface area contributed by atoms with Crippen LogP contribution in [0.25, 0.3) is 0 Å². The van der Waals surface area contributed by atoms with Crippen molar-refractivity contribution in [3.05, 3.63) is 65.0 Å². The van der Waals surface area contributed by atoms with Crippen LogP contribution in [0.1, 0.15) is 21.5 Å². The minimum atomic E-state index is -0.251. The predicted molar refractivity (Wildman–Crippen MR) is 75.3 cm³/mol. The lowest BCUT2D eigenvalue weighted by Gasteiger charge is -2.08. The zero-order chi connectivity index (χ0) is 14.5. The molecule has 0 fully saturated rings. The first-order valence-electron chi connectivity index (χ1n) is 6.38. The number of carbonyl (C=O) groups excluding carboxylic acids is 1. The van der Waals surface area contributed by atoms with Crippen molar-refractivity contribution in [1.29, 1.82) is 0 Å². The van der Waals surface area contributed by atoms with Gasteiger partial charge in [-0.3, -0.25) is 4.79 Å². The van der Waals surface area contributed by atoms with E-state index in [1.807, 2.05) is 6.92 Å². The Morgan fingerprint density at radius 3 is 2.55 bits per heavy atom. The Balaban J connectivity index is 1.89. The van der Waals surface area contributed by atoms with E-state index in [-0.39, 0.29) is 17.5 Å². The molecule has 0 aliphatic rings. The quantitative estimate of drug-likeness (QED) is 0.900. The summed E-state index contributed by atoms with van der Waals surface area (Å²) in [6.07, 6.45) is 0.649. The van der Waals surface area contributed by atoms with E-state index in [0.717, 1.165) is 11.1 Å². The van der Waals surface area contributed by atoms with Crippen LogP contribution in [0, 0.1) is 12.7 Å². The fraction of sp³-hybridized carbons (Fsp3) is 0.188. The Morgan fingerprint density at radius 2 is 1.90 bits per heavy atom. The number of carbonyl (C=O) groups is 1. The first kappa shape index (κ1) is 14.1. The van der Waals surface area contributed by atoms with Crippen LogP contribution in [0.3, 0.4) is 0 Å². The number of hydrogen-bond donors (Lipinski definition) is 2. The molecule has 2 aromatic rings. The van der Waals surface area contributed by atoms with Gasteiger partial charge < -0.3 is 10.4 Å². The summed E-state index contributed by atoms with van der Waals surface area (Å²) < 4.78 is 13.0. The molecule has 0 spiro atoms. The number of nitrogens with one attached hydrogen (secondary N) is 1. The summed E-state index contributed by atoms with van der Waals surface area (Å²) in [5.74, 6) is -0.312. The largest absolute Gasteiger partial charge is 0.508 e. The second-order valence-electron chi connectivity index (χ2n) is 4.62. The minimum Gasteiger partial charge on any atom is -0.508 e. The average molecular weight is 273 g/mol. The van der Waals surface area contributed by atoms with Gasteiger partial charge in [0.25, 0.3) is 5.91 Å². The monoisotopic (exact) mass is 273 g/mol. The standard InChI is InChI=1S/C16H16FNO2/c1-11-10-14(17)5-2-12(11)8-9-18-16(20)13-3-6-15(19)7-4-13/h2-7,10,19H,8-9H2,1H3,(H,18,20). The zero-order valence-corrected chi connectivity index (χ0v) is 11.2. The summed E-state index contributed by atoms with van der Waals surface area (Å²) >= 11 is 0. The van der Waals surface area contributed by atoms with Crippen molar-refractivity contribution in [3.63, 3.8) is 0 Å². The Morgan fingerprint density at radius 1 is 1.20 bits per heavy atom. The number of hydrogen-bond acceptors (Lipinski definition) is 2. The third kappa shape index (κ3) is 3.57. The number of aryl methyl sites for hydroxylation is 1. The summed E-state index contributed by atoms with van der Waals surface area (Å²) in [6, 6.07) is 10.7. The normalized spacial score (nSPS) is 10.3. The molecular weight excluding hydrogens is 257 g/mol. The Bertz CT molecular complexity index is 608. The lowest BCUT2D eigenvalue weighted by Crippen LogP contribution is -2.25. The van der Waals surface area contributed by atoms with Crippen molar-refractivity contribution in [1.82, 2.24) is 5.32 Å². The molecule has 4 heteroatoms. The maximum Gasteiger partial charge on any atom is 0.251 e. The summed E-state index contributed by atoms with van der Waals surface area (Å²) in [4.78, 5) is 11.8. The molecule has 0 saturated heterocycles. The lowest BCUT2D eigenvalue weighted by atomic mass is 10.1. The highest BCUT2D eigenvalue weighted by Gasteiger charge is 2.05. The van der Waals surface area contributed by atoms with Crippen LogP contribution in [-0.4, -0.2) is 17.6 Å². The van der Waals surface area contributed by atoms with Gasteiger partial charge in [0.15, 0.2) is 0 Å². The first-order chi connectivity index (χ1) is 9.56. The molecule has 2 rings (SSSR count). The number of rotatable bonds is 4. The van der Waals surface area contributed by atoms with Crippen molar-refractivity contribution < 1.29 is 14.3 Å². The van der Waals surface area contributed by atoms with Crippen molar-refractivity contribution in [2.45, 2.75) is 13.3 Å². The molecule has 0 unspecified atom stereocenters. The van der Waals surface area contributed by atoms with Crippen molar-refractivity contribution in [3.8, 4) is 5.75 Å². The molecule has 0 atom stereocenters. The second kappa shape index (κ2) is 6.19. The molecule has 1 amide bonds. The molecule has 0 aliphatic heterocycles. The average Bonchev–Trinajstić information content (AvgIpc) is 2.42. The lowest BCUT2D eigenvalue weighted by molar-refractivity contribution is 0.0954. The van der Waals surface area contributed by atoms with Gasteiger partial charge in [0.1, 0.15) is 11.6 Å². The minimum absolute atomic E-state index is 0.128. The van der Waals surface area contributed by atoms with Gasteiger partial charge in [-0.2, -0.15) is 0 Å². The molecule has 0 saturated carbocycles. The summed E-state index contributed by atoms with van der Waals surface area (Å²) in [6.45, 7) is 2.33. The van der Waals surface area contributed by atoms with E-state index in [0.29, 0.717) is 18.5 Å². The highest BCUT2D eigenvalue weighted by atomic mass is 19.1. The Hall–Kier alpha value is -2.36.